The van der Waals surface area contributed by atoms with Gasteiger partial charge in [0.25, 0.3) is 11.6 Å². The van der Waals surface area contributed by atoms with E-state index in [9.17, 15) is 14.9 Å². The first kappa shape index (κ1) is 14.9. The van der Waals surface area contributed by atoms with E-state index in [-0.39, 0.29) is 11.3 Å². The number of fused-ring (bicyclic) bond motifs is 1. The number of rotatable bonds is 3. The van der Waals surface area contributed by atoms with E-state index in [0.717, 1.165) is 30.5 Å². The Morgan fingerprint density at radius 2 is 1.83 bits per heavy atom. The third-order valence-electron chi connectivity index (χ3n) is 3.83. The molecule has 2 aromatic rings. The lowest BCUT2D eigenvalue weighted by atomic mass is 9.90. The summed E-state index contributed by atoms with van der Waals surface area (Å²) in [6, 6.07) is 13.8. The van der Waals surface area contributed by atoms with Crippen LogP contribution >= 0.6 is 0 Å². The molecule has 116 valence electrons. The van der Waals surface area contributed by atoms with Gasteiger partial charge in [-0.25, -0.2) is 5.43 Å². The third kappa shape index (κ3) is 3.11. The number of hydrazone groups is 1. The lowest BCUT2D eigenvalue weighted by Crippen LogP contribution is -2.22. The Morgan fingerprint density at radius 1 is 1.09 bits per heavy atom. The Labute approximate surface area is 133 Å². The van der Waals surface area contributed by atoms with Crippen LogP contribution in [0.4, 0.5) is 5.69 Å². The van der Waals surface area contributed by atoms with Gasteiger partial charge in [-0.15, -0.1) is 0 Å². The highest BCUT2D eigenvalue weighted by molar-refractivity contribution is 6.04. The zero-order valence-corrected chi connectivity index (χ0v) is 12.4. The molecular weight excluding hydrogens is 294 g/mol. The van der Waals surface area contributed by atoms with Crippen molar-refractivity contribution in [1.82, 2.24) is 5.43 Å². The summed E-state index contributed by atoms with van der Waals surface area (Å²) < 4.78 is 0. The predicted molar refractivity (Wildman–Crippen MR) is 86.5 cm³/mol. The first-order chi connectivity index (χ1) is 11.2. The van der Waals surface area contributed by atoms with Gasteiger partial charge in [-0.05, 0) is 30.9 Å². The molecule has 0 saturated heterocycles. The fourth-order valence-corrected chi connectivity index (χ4v) is 2.72. The summed E-state index contributed by atoms with van der Waals surface area (Å²) >= 11 is 0. The number of benzene rings is 2. The van der Waals surface area contributed by atoms with Crippen molar-refractivity contribution >= 4 is 17.3 Å². The van der Waals surface area contributed by atoms with Crippen LogP contribution in [0, 0.1) is 10.1 Å². The van der Waals surface area contributed by atoms with Crippen LogP contribution in [0.1, 0.15) is 34.3 Å². The molecule has 1 N–H and O–H groups in total. The SMILES string of the molecule is O=C(NN=C1CCCc2ccccc21)c1ccccc1[N+](=O)[O-]. The summed E-state index contributed by atoms with van der Waals surface area (Å²) in [5.41, 5.74) is 5.27. The fourth-order valence-electron chi connectivity index (χ4n) is 2.72. The Kier molecular flexibility index (Phi) is 4.14. The standard InChI is InChI=1S/C17H15N3O3/c21-17(14-9-3-4-11-16(14)20(22)23)19-18-15-10-5-7-12-6-1-2-8-13(12)15/h1-4,6,8-9,11H,5,7,10H2,(H,19,21). The number of nitrogens with zero attached hydrogens (tertiary/aromatic N) is 2. The van der Waals surface area contributed by atoms with E-state index < -0.39 is 10.8 Å². The molecule has 0 fully saturated rings. The first-order valence-electron chi connectivity index (χ1n) is 7.35. The zero-order chi connectivity index (χ0) is 16.2. The molecule has 0 unspecified atom stereocenters. The molecule has 0 radical (unpaired) electrons. The molecule has 0 atom stereocenters. The molecule has 6 nitrogen and oxygen atoms in total. The summed E-state index contributed by atoms with van der Waals surface area (Å²) in [5, 5.41) is 15.2. The Hall–Kier alpha value is -3.02. The second-order valence-electron chi connectivity index (χ2n) is 5.28. The van der Waals surface area contributed by atoms with Crippen LogP contribution in [0.5, 0.6) is 0 Å². The van der Waals surface area contributed by atoms with Gasteiger partial charge in [0.05, 0.1) is 10.6 Å². The first-order valence-corrected chi connectivity index (χ1v) is 7.35. The molecule has 1 amide bonds. The van der Waals surface area contributed by atoms with Crippen LogP contribution in [0.25, 0.3) is 0 Å². The molecule has 0 bridgehead atoms. The number of hydrogen-bond donors (Lipinski definition) is 1. The lowest BCUT2D eigenvalue weighted by molar-refractivity contribution is -0.385. The van der Waals surface area contributed by atoms with Crippen molar-refractivity contribution in [3.63, 3.8) is 0 Å². The van der Waals surface area contributed by atoms with Gasteiger partial charge in [0.1, 0.15) is 5.56 Å². The molecule has 0 aromatic heterocycles. The van der Waals surface area contributed by atoms with Crippen LogP contribution in [-0.2, 0) is 6.42 Å². The van der Waals surface area contributed by atoms with Crippen molar-refractivity contribution in [3.8, 4) is 0 Å². The molecule has 0 aliphatic heterocycles. The molecular formula is C17H15N3O3. The molecule has 0 saturated carbocycles. The maximum Gasteiger partial charge on any atom is 0.282 e. The minimum atomic E-state index is -0.576. The van der Waals surface area contributed by atoms with Crippen LogP contribution in [0.3, 0.4) is 0 Å². The van der Waals surface area contributed by atoms with Crippen LogP contribution in [0.15, 0.2) is 53.6 Å². The summed E-state index contributed by atoms with van der Waals surface area (Å²) in [7, 11) is 0. The summed E-state index contributed by atoms with van der Waals surface area (Å²) in [5.74, 6) is -0.576. The molecule has 2 aromatic carbocycles. The smallest absolute Gasteiger partial charge is 0.267 e. The van der Waals surface area contributed by atoms with Crippen molar-refractivity contribution in [2.75, 3.05) is 0 Å². The molecule has 0 heterocycles. The number of aryl methyl sites for hydroxylation is 1. The van der Waals surface area contributed by atoms with Crippen LogP contribution in [0.2, 0.25) is 0 Å². The van der Waals surface area contributed by atoms with E-state index in [1.165, 1.54) is 23.8 Å². The number of nitrogens with one attached hydrogen (secondary N) is 1. The second kappa shape index (κ2) is 6.39. The van der Waals surface area contributed by atoms with Gasteiger partial charge < -0.3 is 0 Å². The van der Waals surface area contributed by atoms with E-state index in [1.807, 2.05) is 24.3 Å². The average molecular weight is 309 g/mol. The molecule has 0 spiro atoms. The molecule has 3 rings (SSSR count). The number of amides is 1. The van der Waals surface area contributed by atoms with E-state index in [0.29, 0.717) is 0 Å². The van der Waals surface area contributed by atoms with Gasteiger partial charge >= 0.3 is 0 Å². The van der Waals surface area contributed by atoms with Gasteiger partial charge in [0.2, 0.25) is 0 Å². The third-order valence-corrected chi connectivity index (χ3v) is 3.83. The molecule has 23 heavy (non-hydrogen) atoms. The highest BCUT2D eigenvalue weighted by Gasteiger charge is 2.20. The minimum Gasteiger partial charge on any atom is -0.267 e. The van der Waals surface area contributed by atoms with Crippen molar-refractivity contribution in [2.24, 2.45) is 5.10 Å². The summed E-state index contributed by atoms with van der Waals surface area (Å²) in [6.07, 6.45) is 2.73. The van der Waals surface area contributed by atoms with Gasteiger partial charge in [-0.1, -0.05) is 36.4 Å². The van der Waals surface area contributed by atoms with Gasteiger partial charge in [-0.3, -0.25) is 14.9 Å². The maximum absolute atomic E-state index is 12.2. The predicted octanol–water partition coefficient (Wildman–Crippen LogP) is 3.07. The van der Waals surface area contributed by atoms with Crippen molar-refractivity contribution in [2.45, 2.75) is 19.3 Å². The number of hydrogen-bond acceptors (Lipinski definition) is 4. The summed E-state index contributed by atoms with van der Waals surface area (Å²) in [4.78, 5) is 22.6. The Morgan fingerprint density at radius 3 is 2.65 bits per heavy atom. The second-order valence-corrected chi connectivity index (χ2v) is 5.28. The van der Waals surface area contributed by atoms with E-state index in [1.54, 1.807) is 6.07 Å². The highest BCUT2D eigenvalue weighted by atomic mass is 16.6. The van der Waals surface area contributed by atoms with Crippen LogP contribution < -0.4 is 5.43 Å². The van der Waals surface area contributed by atoms with Crippen LogP contribution in [-0.4, -0.2) is 16.5 Å². The molecule has 1 aliphatic rings. The van der Waals surface area contributed by atoms with E-state index in [4.69, 9.17) is 0 Å². The number of carbonyl (C=O) groups excluding carboxylic acids is 1. The van der Waals surface area contributed by atoms with E-state index >= 15 is 0 Å². The molecule has 1 aliphatic carbocycles. The lowest BCUT2D eigenvalue weighted by Gasteiger charge is -2.17. The normalized spacial score (nSPS) is 15.0. The quantitative estimate of drug-likeness (QED) is 0.698. The van der Waals surface area contributed by atoms with Gasteiger partial charge in [-0.2, -0.15) is 5.10 Å². The van der Waals surface area contributed by atoms with E-state index in [2.05, 4.69) is 10.5 Å². The topological polar surface area (TPSA) is 84.6 Å². The average Bonchev–Trinajstić information content (AvgIpc) is 2.59. The summed E-state index contributed by atoms with van der Waals surface area (Å²) in [6.45, 7) is 0. The van der Waals surface area contributed by atoms with Crippen molar-refractivity contribution < 1.29 is 9.72 Å². The van der Waals surface area contributed by atoms with Gasteiger partial charge in [0, 0.05) is 11.6 Å². The molecule has 6 heteroatoms. The monoisotopic (exact) mass is 309 g/mol. The number of nitro groups is 1. The Bertz CT molecular complexity index is 799. The number of para-hydroxylation sites is 1. The largest absolute Gasteiger partial charge is 0.282 e. The number of carbonyl (C=O) groups is 1. The minimum absolute atomic E-state index is 0.00550. The Balaban J connectivity index is 1.84. The highest BCUT2D eigenvalue weighted by Crippen LogP contribution is 2.21. The fraction of sp³-hybridized carbons (Fsp3) is 0.176. The zero-order valence-electron chi connectivity index (χ0n) is 12.4. The maximum atomic E-state index is 12.2. The van der Waals surface area contributed by atoms with Crippen molar-refractivity contribution in [1.29, 1.82) is 0 Å². The van der Waals surface area contributed by atoms with Gasteiger partial charge in [0.15, 0.2) is 0 Å². The van der Waals surface area contributed by atoms with Crippen molar-refractivity contribution in [3.05, 3.63) is 75.3 Å². The number of nitro benzene ring substituents is 1.